The number of rotatable bonds is 2. The molecule has 104 valence electrons. The number of benzene rings is 3. The fraction of sp³-hybridized carbons (Fsp3) is 0.0556. The summed E-state index contributed by atoms with van der Waals surface area (Å²) in [6.07, 6.45) is 0. The van der Waals surface area contributed by atoms with Gasteiger partial charge in [-0.05, 0) is 53.6 Å². The molecule has 1 N–H and O–H groups in total. The molecule has 0 saturated carbocycles. The van der Waals surface area contributed by atoms with Crippen LogP contribution in [0, 0.1) is 6.92 Å². The van der Waals surface area contributed by atoms with Gasteiger partial charge in [-0.3, -0.25) is 4.79 Å². The lowest BCUT2D eigenvalue weighted by molar-refractivity contribution is 0.102. The number of aryl methyl sites for hydroxylation is 1. The van der Waals surface area contributed by atoms with E-state index in [4.69, 9.17) is 0 Å². The summed E-state index contributed by atoms with van der Waals surface area (Å²) >= 11 is 3.45. The maximum Gasteiger partial charge on any atom is 0.255 e. The molecule has 3 aromatic rings. The number of hydrogen-bond acceptors (Lipinski definition) is 1. The van der Waals surface area contributed by atoms with Crippen LogP contribution in [-0.4, -0.2) is 5.91 Å². The number of halogens is 1. The Morgan fingerprint density at radius 3 is 2.48 bits per heavy atom. The predicted molar refractivity (Wildman–Crippen MR) is 90.8 cm³/mol. The van der Waals surface area contributed by atoms with Crippen molar-refractivity contribution in [3.05, 3.63) is 76.3 Å². The molecular weight excluding hydrogens is 326 g/mol. The first kappa shape index (κ1) is 13.8. The highest BCUT2D eigenvalue weighted by Gasteiger charge is 2.08. The molecule has 3 rings (SSSR count). The number of hydrogen-bond donors (Lipinski definition) is 1. The quantitative estimate of drug-likeness (QED) is 0.686. The Labute approximate surface area is 131 Å². The Balaban J connectivity index is 1.91. The van der Waals surface area contributed by atoms with Gasteiger partial charge in [-0.15, -0.1) is 0 Å². The normalized spacial score (nSPS) is 10.6. The molecule has 0 spiro atoms. The van der Waals surface area contributed by atoms with Gasteiger partial charge in [0.1, 0.15) is 0 Å². The van der Waals surface area contributed by atoms with Crippen LogP contribution >= 0.6 is 15.9 Å². The number of anilines is 1. The van der Waals surface area contributed by atoms with Crippen molar-refractivity contribution in [2.75, 3.05) is 5.32 Å². The van der Waals surface area contributed by atoms with Crippen molar-refractivity contribution < 1.29 is 4.79 Å². The minimum absolute atomic E-state index is 0.0888. The molecule has 0 radical (unpaired) electrons. The number of fused-ring (bicyclic) bond motifs is 1. The number of carbonyl (C=O) groups is 1. The van der Waals surface area contributed by atoms with E-state index in [0.29, 0.717) is 5.56 Å². The van der Waals surface area contributed by atoms with Crippen LogP contribution in [0.25, 0.3) is 10.8 Å². The minimum atomic E-state index is -0.0888. The van der Waals surface area contributed by atoms with Crippen LogP contribution < -0.4 is 5.32 Å². The van der Waals surface area contributed by atoms with Crippen molar-refractivity contribution in [1.82, 2.24) is 0 Å². The molecule has 1 amide bonds. The van der Waals surface area contributed by atoms with Crippen LogP contribution in [0.15, 0.2) is 65.1 Å². The Kier molecular flexibility index (Phi) is 3.76. The van der Waals surface area contributed by atoms with Crippen molar-refractivity contribution >= 4 is 38.3 Å². The maximum atomic E-state index is 12.4. The lowest BCUT2D eigenvalue weighted by atomic mass is 10.1. The molecule has 21 heavy (non-hydrogen) atoms. The van der Waals surface area contributed by atoms with Gasteiger partial charge in [-0.2, -0.15) is 0 Å². The third-order valence-corrected chi connectivity index (χ3v) is 3.95. The van der Waals surface area contributed by atoms with Crippen molar-refractivity contribution in [3.8, 4) is 0 Å². The summed E-state index contributed by atoms with van der Waals surface area (Å²) in [7, 11) is 0. The van der Waals surface area contributed by atoms with Crippen LogP contribution in [0.5, 0.6) is 0 Å². The van der Waals surface area contributed by atoms with Crippen LogP contribution in [0.2, 0.25) is 0 Å². The predicted octanol–water partition coefficient (Wildman–Crippen LogP) is 5.16. The largest absolute Gasteiger partial charge is 0.322 e. The van der Waals surface area contributed by atoms with Gasteiger partial charge < -0.3 is 5.32 Å². The highest BCUT2D eigenvalue weighted by Crippen LogP contribution is 2.22. The van der Waals surface area contributed by atoms with Gasteiger partial charge in [0.15, 0.2) is 0 Å². The molecule has 0 aliphatic heterocycles. The second-order valence-electron chi connectivity index (χ2n) is 4.98. The summed E-state index contributed by atoms with van der Waals surface area (Å²) < 4.78 is 1.03. The van der Waals surface area contributed by atoms with E-state index in [1.807, 2.05) is 67.6 Å². The molecule has 0 fully saturated rings. The third-order valence-electron chi connectivity index (χ3n) is 3.46. The number of para-hydroxylation sites is 1. The second-order valence-corrected chi connectivity index (χ2v) is 5.89. The number of nitrogens with one attached hydrogen (secondary N) is 1. The average Bonchev–Trinajstić information content (AvgIpc) is 2.49. The van der Waals surface area contributed by atoms with Crippen molar-refractivity contribution in [1.29, 1.82) is 0 Å². The lowest BCUT2D eigenvalue weighted by Gasteiger charge is -2.09. The first-order valence-corrected chi connectivity index (χ1v) is 7.49. The van der Waals surface area contributed by atoms with E-state index < -0.39 is 0 Å². The van der Waals surface area contributed by atoms with Crippen molar-refractivity contribution in [3.63, 3.8) is 0 Å². The highest BCUT2D eigenvalue weighted by atomic mass is 79.9. The Bertz CT molecular complexity index is 826. The summed E-state index contributed by atoms with van der Waals surface area (Å²) in [6.45, 7) is 1.98. The number of amides is 1. The van der Waals surface area contributed by atoms with Gasteiger partial charge in [0.25, 0.3) is 5.91 Å². The van der Waals surface area contributed by atoms with E-state index >= 15 is 0 Å². The van der Waals surface area contributed by atoms with Gasteiger partial charge in [-0.25, -0.2) is 0 Å². The zero-order valence-electron chi connectivity index (χ0n) is 11.6. The smallest absolute Gasteiger partial charge is 0.255 e. The molecular formula is C18H14BrNO. The Morgan fingerprint density at radius 2 is 1.67 bits per heavy atom. The summed E-state index contributed by atoms with van der Waals surface area (Å²) in [5.41, 5.74) is 2.56. The van der Waals surface area contributed by atoms with E-state index in [2.05, 4.69) is 21.2 Å². The highest BCUT2D eigenvalue weighted by molar-refractivity contribution is 9.10. The fourth-order valence-corrected chi connectivity index (χ4v) is 2.64. The molecule has 0 aromatic heterocycles. The zero-order chi connectivity index (χ0) is 14.8. The lowest BCUT2D eigenvalue weighted by Crippen LogP contribution is -2.12. The van der Waals surface area contributed by atoms with Crippen molar-refractivity contribution in [2.45, 2.75) is 6.92 Å². The molecule has 3 heteroatoms. The Hall–Kier alpha value is -2.13. The van der Waals surface area contributed by atoms with Gasteiger partial charge >= 0.3 is 0 Å². The van der Waals surface area contributed by atoms with E-state index in [-0.39, 0.29) is 5.91 Å². The first-order chi connectivity index (χ1) is 10.1. The van der Waals surface area contributed by atoms with E-state index in [1.54, 1.807) is 0 Å². The molecule has 0 bridgehead atoms. The summed E-state index contributed by atoms with van der Waals surface area (Å²) in [4.78, 5) is 12.4. The van der Waals surface area contributed by atoms with Crippen LogP contribution in [0.3, 0.4) is 0 Å². The average molecular weight is 340 g/mol. The topological polar surface area (TPSA) is 29.1 Å². The molecule has 0 aliphatic rings. The third kappa shape index (κ3) is 2.98. The van der Waals surface area contributed by atoms with Crippen LogP contribution in [0.1, 0.15) is 15.9 Å². The standard InChI is InChI=1S/C18H14BrNO/c1-12-4-2-3-5-17(12)20-18(21)15-7-6-14-11-16(19)9-8-13(14)10-15/h2-11H,1H3,(H,20,21). The summed E-state index contributed by atoms with van der Waals surface area (Å²) in [5.74, 6) is -0.0888. The summed E-state index contributed by atoms with van der Waals surface area (Å²) in [5, 5.41) is 5.11. The molecule has 0 heterocycles. The van der Waals surface area contributed by atoms with Crippen LogP contribution in [0.4, 0.5) is 5.69 Å². The van der Waals surface area contributed by atoms with Gasteiger partial charge in [-0.1, -0.05) is 46.3 Å². The minimum Gasteiger partial charge on any atom is -0.322 e. The van der Waals surface area contributed by atoms with Crippen molar-refractivity contribution in [2.24, 2.45) is 0 Å². The monoisotopic (exact) mass is 339 g/mol. The SMILES string of the molecule is Cc1ccccc1NC(=O)c1ccc2cc(Br)ccc2c1. The number of carbonyl (C=O) groups excluding carboxylic acids is 1. The van der Waals surface area contributed by atoms with Gasteiger partial charge in [0, 0.05) is 15.7 Å². The van der Waals surface area contributed by atoms with Gasteiger partial charge in [0.2, 0.25) is 0 Å². The first-order valence-electron chi connectivity index (χ1n) is 6.70. The zero-order valence-corrected chi connectivity index (χ0v) is 13.1. The molecule has 2 nitrogen and oxygen atoms in total. The van der Waals surface area contributed by atoms with E-state index in [1.165, 1.54) is 0 Å². The Morgan fingerprint density at radius 1 is 0.952 bits per heavy atom. The summed E-state index contributed by atoms with van der Waals surface area (Å²) in [6, 6.07) is 19.5. The molecule has 0 atom stereocenters. The van der Waals surface area contributed by atoms with Gasteiger partial charge in [0.05, 0.1) is 0 Å². The van der Waals surface area contributed by atoms with E-state index in [9.17, 15) is 4.79 Å². The molecule has 0 unspecified atom stereocenters. The van der Waals surface area contributed by atoms with E-state index in [0.717, 1.165) is 26.5 Å². The molecule has 3 aromatic carbocycles. The molecule has 0 saturated heterocycles. The molecule has 0 aliphatic carbocycles. The second kappa shape index (κ2) is 5.70. The van der Waals surface area contributed by atoms with Crippen LogP contribution in [-0.2, 0) is 0 Å². The fourth-order valence-electron chi connectivity index (χ4n) is 2.27. The maximum absolute atomic E-state index is 12.4.